The molecule has 1 aliphatic rings. The van der Waals surface area contributed by atoms with E-state index >= 15 is 0 Å². The molecule has 2 atom stereocenters. The Balaban J connectivity index is 1.74. The van der Waals surface area contributed by atoms with Gasteiger partial charge in [-0.05, 0) is 39.4 Å². The predicted molar refractivity (Wildman–Crippen MR) is 152 cm³/mol. The third kappa shape index (κ3) is 5.49. The summed E-state index contributed by atoms with van der Waals surface area (Å²) in [6.45, 7) is 15.5. The highest BCUT2D eigenvalue weighted by atomic mass is 28.4. The molecule has 36 heavy (non-hydrogen) atoms. The zero-order valence-electron chi connectivity index (χ0n) is 22.4. The van der Waals surface area contributed by atoms with Gasteiger partial charge in [0.1, 0.15) is 0 Å². The number of hydrogen-bond donors (Lipinski definition) is 1. The van der Waals surface area contributed by atoms with Crippen LogP contribution in [0.2, 0.25) is 5.04 Å². The predicted octanol–water partition coefficient (Wildman–Crippen LogP) is 5.44. The van der Waals surface area contributed by atoms with E-state index in [-0.39, 0.29) is 23.3 Å². The van der Waals surface area contributed by atoms with Crippen molar-refractivity contribution in [2.24, 2.45) is 11.3 Å². The minimum atomic E-state index is -2.53. The van der Waals surface area contributed by atoms with Crippen LogP contribution in [-0.4, -0.2) is 32.4 Å². The van der Waals surface area contributed by atoms with E-state index in [1.165, 1.54) is 10.4 Å². The molecule has 1 aliphatic carbocycles. The molecule has 3 nitrogen and oxygen atoms in total. The summed E-state index contributed by atoms with van der Waals surface area (Å²) in [5, 5.41) is 12.4. The van der Waals surface area contributed by atoms with Gasteiger partial charge in [0.2, 0.25) is 0 Å². The van der Waals surface area contributed by atoms with Crippen molar-refractivity contribution in [3.05, 3.63) is 84.5 Å². The van der Waals surface area contributed by atoms with E-state index < -0.39 is 13.7 Å². The van der Waals surface area contributed by atoms with Crippen LogP contribution in [0.1, 0.15) is 53.9 Å². The molecule has 0 aromatic heterocycles. The standard InChI is InChI=1S/C32H40O3Si/c1-25-23-30(34)29(26(2)32(25,6)24-33)21-15-7-8-16-22-35-36(31(3,4)5,27-17-11-9-12-18-27)28-19-13-10-14-20-28/h9-14,17-21,25,33H,2,8,16,22-24H2,1,3-6H3/b29-21+/t25-,32+/m0/s1. The smallest absolute Gasteiger partial charge is 0.261 e. The van der Waals surface area contributed by atoms with Gasteiger partial charge in [-0.25, -0.2) is 0 Å². The van der Waals surface area contributed by atoms with Crippen molar-refractivity contribution in [3.63, 3.8) is 0 Å². The second-order valence-electron chi connectivity index (χ2n) is 11.1. The minimum absolute atomic E-state index is 0.0232. The fraction of sp³-hybridized carbons (Fsp3) is 0.406. The summed E-state index contributed by atoms with van der Waals surface area (Å²) < 4.78 is 6.91. The molecule has 190 valence electrons. The number of rotatable bonds is 7. The van der Waals surface area contributed by atoms with E-state index in [0.29, 0.717) is 30.6 Å². The molecule has 0 aliphatic heterocycles. The average Bonchev–Trinajstić information content (AvgIpc) is 2.86. The van der Waals surface area contributed by atoms with Crippen LogP contribution in [0.4, 0.5) is 0 Å². The highest BCUT2D eigenvalue weighted by Crippen LogP contribution is 2.44. The molecule has 0 amide bonds. The highest BCUT2D eigenvalue weighted by molar-refractivity contribution is 6.99. The Morgan fingerprint density at radius 1 is 1.11 bits per heavy atom. The molecule has 0 unspecified atom stereocenters. The summed E-state index contributed by atoms with van der Waals surface area (Å²) in [7, 11) is -2.53. The Kier molecular flexibility index (Phi) is 8.95. The summed E-state index contributed by atoms with van der Waals surface area (Å²) in [5.74, 6) is 6.37. The van der Waals surface area contributed by atoms with Crippen molar-refractivity contribution in [2.45, 2.75) is 58.9 Å². The van der Waals surface area contributed by atoms with Gasteiger partial charge in [0, 0.05) is 30.4 Å². The van der Waals surface area contributed by atoms with Crippen LogP contribution in [0.3, 0.4) is 0 Å². The Labute approximate surface area is 218 Å². The Morgan fingerprint density at radius 2 is 1.67 bits per heavy atom. The SMILES string of the molecule is C=C1/C(=C\C#CCCCO[Si](c2ccccc2)(c2ccccc2)C(C)(C)C)C(=O)C[C@H](C)[C@@]1(C)CO. The third-order valence-electron chi connectivity index (χ3n) is 7.72. The summed E-state index contributed by atoms with van der Waals surface area (Å²) in [6.07, 6.45) is 3.58. The van der Waals surface area contributed by atoms with E-state index in [0.717, 1.165) is 6.42 Å². The average molecular weight is 501 g/mol. The van der Waals surface area contributed by atoms with Gasteiger partial charge >= 0.3 is 0 Å². The first-order chi connectivity index (χ1) is 17.1. The van der Waals surface area contributed by atoms with Gasteiger partial charge in [0.05, 0.1) is 6.61 Å². The Hall–Kier alpha value is -2.71. The molecule has 1 fully saturated rings. The van der Waals surface area contributed by atoms with Crippen molar-refractivity contribution in [2.75, 3.05) is 13.2 Å². The molecule has 0 bridgehead atoms. The third-order valence-corrected chi connectivity index (χ3v) is 12.8. The van der Waals surface area contributed by atoms with Gasteiger partial charge in [-0.1, -0.05) is 114 Å². The summed E-state index contributed by atoms with van der Waals surface area (Å²) >= 11 is 0. The first-order valence-electron chi connectivity index (χ1n) is 12.9. The first kappa shape index (κ1) is 27.9. The van der Waals surface area contributed by atoms with E-state index in [9.17, 15) is 9.90 Å². The summed E-state index contributed by atoms with van der Waals surface area (Å²) in [6, 6.07) is 21.3. The number of benzene rings is 2. The monoisotopic (exact) mass is 500 g/mol. The number of carbonyl (C=O) groups excluding carboxylic acids is 1. The van der Waals surface area contributed by atoms with E-state index in [1.807, 2.05) is 13.8 Å². The number of aliphatic hydroxyl groups is 1. The van der Waals surface area contributed by atoms with Crippen LogP contribution >= 0.6 is 0 Å². The van der Waals surface area contributed by atoms with Crippen LogP contribution in [-0.2, 0) is 9.22 Å². The van der Waals surface area contributed by atoms with E-state index in [1.54, 1.807) is 6.08 Å². The van der Waals surface area contributed by atoms with Gasteiger partial charge in [-0.15, -0.1) is 0 Å². The molecular weight excluding hydrogens is 460 g/mol. The van der Waals surface area contributed by atoms with Gasteiger partial charge in [0.25, 0.3) is 8.32 Å². The fourth-order valence-electron chi connectivity index (χ4n) is 5.15. The van der Waals surface area contributed by atoms with Crippen molar-refractivity contribution >= 4 is 24.5 Å². The normalized spacial score (nSPS) is 21.8. The van der Waals surface area contributed by atoms with Crippen LogP contribution in [0.5, 0.6) is 0 Å². The number of aliphatic hydroxyl groups excluding tert-OH is 1. The Morgan fingerprint density at radius 3 is 2.17 bits per heavy atom. The van der Waals surface area contributed by atoms with Crippen LogP contribution in [0, 0.1) is 23.2 Å². The lowest BCUT2D eigenvalue weighted by Crippen LogP contribution is -2.66. The fourth-order valence-corrected chi connectivity index (χ4v) is 9.75. The Bertz CT molecular complexity index is 1110. The minimum Gasteiger partial charge on any atom is -0.407 e. The first-order valence-corrected chi connectivity index (χ1v) is 14.8. The highest BCUT2D eigenvalue weighted by Gasteiger charge is 2.50. The van der Waals surface area contributed by atoms with Crippen LogP contribution in [0.25, 0.3) is 0 Å². The maximum atomic E-state index is 12.6. The maximum Gasteiger partial charge on any atom is 0.261 e. The van der Waals surface area contributed by atoms with Crippen molar-refractivity contribution in [1.29, 1.82) is 0 Å². The van der Waals surface area contributed by atoms with Gasteiger partial charge in [-0.2, -0.15) is 0 Å². The lowest BCUT2D eigenvalue weighted by atomic mass is 9.64. The number of Topliss-reactive ketones (excluding diaryl/α,β-unsaturated/α-hetero) is 1. The molecule has 2 aromatic carbocycles. The molecule has 0 radical (unpaired) electrons. The molecule has 0 spiro atoms. The lowest BCUT2D eigenvalue weighted by molar-refractivity contribution is -0.118. The van der Waals surface area contributed by atoms with Gasteiger partial charge in [0.15, 0.2) is 5.78 Å². The molecule has 4 heteroatoms. The van der Waals surface area contributed by atoms with E-state index in [4.69, 9.17) is 4.43 Å². The summed E-state index contributed by atoms with van der Waals surface area (Å²) in [4.78, 5) is 12.6. The molecule has 1 saturated carbocycles. The molecule has 3 rings (SSSR count). The number of carbonyl (C=O) groups is 1. The zero-order valence-corrected chi connectivity index (χ0v) is 23.4. The zero-order chi connectivity index (χ0) is 26.4. The van der Waals surface area contributed by atoms with Crippen molar-refractivity contribution in [1.82, 2.24) is 0 Å². The van der Waals surface area contributed by atoms with Gasteiger partial charge < -0.3 is 9.53 Å². The maximum absolute atomic E-state index is 12.6. The molecular formula is C32H40O3Si. The van der Waals surface area contributed by atoms with Crippen LogP contribution < -0.4 is 10.4 Å². The molecule has 2 aromatic rings. The molecule has 1 N–H and O–H groups in total. The second-order valence-corrected chi connectivity index (χ2v) is 15.4. The number of ketones is 1. The number of hydrogen-bond acceptors (Lipinski definition) is 3. The second kappa shape index (κ2) is 11.6. The largest absolute Gasteiger partial charge is 0.407 e. The van der Waals surface area contributed by atoms with E-state index in [2.05, 4.69) is 99.9 Å². The van der Waals surface area contributed by atoms with Crippen LogP contribution in [0.15, 0.2) is 84.5 Å². The quantitative estimate of drug-likeness (QED) is 0.238. The lowest BCUT2D eigenvalue weighted by Gasteiger charge is -2.43. The topological polar surface area (TPSA) is 46.5 Å². The molecule has 0 heterocycles. The van der Waals surface area contributed by atoms with Crippen molar-refractivity contribution in [3.8, 4) is 11.8 Å². The number of allylic oxidation sites excluding steroid dienone is 2. The van der Waals surface area contributed by atoms with Crippen molar-refractivity contribution < 1.29 is 14.3 Å². The number of unbranched alkanes of at least 4 members (excludes halogenated alkanes) is 1. The van der Waals surface area contributed by atoms with Gasteiger partial charge in [-0.3, -0.25) is 4.79 Å². The molecule has 0 saturated heterocycles. The summed E-state index contributed by atoms with van der Waals surface area (Å²) in [5.41, 5.74) is 0.768.